The van der Waals surface area contributed by atoms with Gasteiger partial charge >= 0.3 is 0 Å². The predicted octanol–water partition coefficient (Wildman–Crippen LogP) is 16.5. The van der Waals surface area contributed by atoms with Crippen molar-refractivity contribution in [2.75, 3.05) is 4.90 Å². The van der Waals surface area contributed by atoms with E-state index in [0.29, 0.717) is 0 Å². The summed E-state index contributed by atoms with van der Waals surface area (Å²) in [5.74, 6) is 0. The van der Waals surface area contributed by atoms with Crippen molar-refractivity contribution in [1.29, 1.82) is 0 Å². The van der Waals surface area contributed by atoms with Gasteiger partial charge in [-0.1, -0.05) is 184 Å². The first-order chi connectivity index (χ1) is 29.0. The van der Waals surface area contributed by atoms with Crippen LogP contribution >= 0.6 is 11.3 Å². The summed E-state index contributed by atoms with van der Waals surface area (Å²) < 4.78 is 2.64. The van der Waals surface area contributed by atoms with Crippen molar-refractivity contribution in [2.24, 2.45) is 0 Å². The number of hydrogen-bond donors (Lipinski definition) is 0. The van der Waals surface area contributed by atoms with Crippen LogP contribution in [0, 0.1) is 0 Å². The molecule has 0 fully saturated rings. The number of nitrogens with zero attached hydrogens (tertiary/aromatic N) is 1. The number of hydrogen-bond acceptors (Lipinski definition) is 2. The molecule has 1 aliphatic carbocycles. The molecule has 1 nitrogen and oxygen atoms in total. The highest BCUT2D eigenvalue weighted by Crippen LogP contribution is 2.53. The van der Waals surface area contributed by atoms with Crippen molar-refractivity contribution in [2.45, 2.75) is 19.3 Å². The van der Waals surface area contributed by atoms with E-state index >= 15 is 0 Å². The molecule has 0 bridgehead atoms. The van der Waals surface area contributed by atoms with Crippen molar-refractivity contribution in [3.8, 4) is 55.6 Å². The molecule has 0 radical (unpaired) electrons. The highest BCUT2D eigenvalue weighted by molar-refractivity contribution is 7.25. The quantitative estimate of drug-likeness (QED) is 0.156. The minimum atomic E-state index is -0.0865. The fraction of sp³-hybridized carbons (Fsp3) is 0.0526. The molecule has 0 saturated carbocycles. The van der Waals surface area contributed by atoms with E-state index in [0.717, 1.165) is 17.1 Å². The minimum absolute atomic E-state index is 0.0865. The number of thiophene rings is 1. The van der Waals surface area contributed by atoms with Gasteiger partial charge in [0.2, 0.25) is 0 Å². The van der Waals surface area contributed by atoms with Crippen LogP contribution < -0.4 is 4.90 Å². The maximum absolute atomic E-state index is 2.49. The molecule has 10 aromatic rings. The van der Waals surface area contributed by atoms with E-state index in [-0.39, 0.29) is 5.41 Å². The summed E-state index contributed by atoms with van der Waals surface area (Å²) in [6, 6.07) is 78.2. The molecule has 0 spiro atoms. The van der Waals surface area contributed by atoms with E-state index in [4.69, 9.17) is 0 Å². The molecule has 11 rings (SSSR count). The van der Waals surface area contributed by atoms with Crippen molar-refractivity contribution in [3.63, 3.8) is 0 Å². The van der Waals surface area contributed by atoms with Crippen LogP contribution in [0.3, 0.4) is 0 Å². The Labute approximate surface area is 350 Å². The monoisotopic (exact) mass is 771 g/mol. The fourth-order valence-corrected chi connectivity index (χ4v) is 10.7. The Morgan fingerprint density at radius 3 is 1.69 bits per heavy atom. The Morgan fingerprint density at radius 2 is 0.915 bits per heavy atom. The first kappa shape index (κ1) is 35.2. The van der Waals surface area contributed by atoms with E-state index in [9.17, 15) is 0 Å². The Balaban J connectivity index is 1.17. The van der Waals surface area contributed by atoms with E-state index in [1.165, 1.54) is 86.9 Å². The number of anilines is 3. The maximum atomic E-state index is 2.49. The molecule has 2 heteroatoms. The second-order valence-electron chi connectivity index (χ2n) is 16.0. The van der Waals surface area contributed by atoms with Crippen LogP contribution in [0.1, 0.15) is 25.0 Å². The van der Waals surface area contributed by atoms with Gasteiger partial charge in [0.05, 0.1) is 5.69 Å². The normalized spacial score (nSPS) is 12.7. The van der Waals surface area contributed by atoms with Crippen LogP contribution in [0.15, 0.2) is 212 Å². The predicted molar refractivity (Wildman–Crippen MR) is 253 cm³/mol. The van der Waals surface area contributed by atoms with E-state index in [1.807, 2.05) is 11.3 Å². The summed E-state index contributed by atoms with van der Waals surface area (Å²) in [7, 11) is 0. The summed E-state index contributed by atoms with van der Waals surface area (Å²) in [6.45, 7) is 4.71. The van der Waals surface area contributed by atoms with Crippen LogP contribution in [0.4, 0.5) is 17.1 Å². The standard InChI is InChI=1S/C57H41NS/c1-57(2)50-27-13-11-22-46(50)49-37-42(35-36-51(49)57)58(41-33-31-40(32-34-41)45-26-16-30-54-56(45)48-24-12-14-29-53(48)59-54)52-28-15-25-44(39-19-7-4-8-20-39)55(52)47-23-10-9-21-43(47)38-17-5-3-6-18-38/h3-37H,1-2H3. The highest BCUT2D eigenvalue weighted by Gasteiger charge is 2.36. The first-order valence-electron chi connectivity index (χ1n) is 20.4. The molecule has 0 amide bonds. The zero-order chi connectivity index (χ0) is 39.5. The van der Waals surface area contributed by atoms with Crippen LogP contribution in [-0.2, 0) is 5.41 Å². The third-order valence-corrected chi connectivity index (χ3v) is 13.4. The van der Waals surface area contributed by atoms with Gasteiger partial charge in [-0.3, -0.25) is 0 Å². The van der Waals surface area contributed by atoms with Gasteiger partial charge in [0.25, 0.3) is 0 Å². The smallest absolute Gasteiger partial charge is 0.0546 e. The van der Waals surface area contributed by atoms with E-state index in [2.05, 4.69) is 231 Å². The van der Waals surface area contributed by atoms with Crippen LogP contribution in [0.5, 0.6) is 0 Å². The molecule has 0 atom stereocenters. The minimum Gasteiger partial charge on any atom is -0.310 e. The van der Waals surface area contributed by atoms with Crippen molar-refractivity contribution in [1.82, 2.24) is 0 Å². The van der Waals surface area contributed by atoms with Crippen LogP contribution in [0.2, 0.25) is 0 Å². The molecular formula is C57H41NS. The Kier molecular flexibility index (Phi) is 8.43. The van der Waals surface area contributed by atoms with E-state index in [1.54, 1.807) is 0 Å². The SMILES string of the molecule is CC1(C)c2ccccc2-c2cc(N(c3ccc(-c4cccc5sc6ccccc6c45)cc3)c3cccc(-c4ccccc4)c3-c3ccccc3-c3ccccc3)ccc21. The van der Waals surface area contributed by atoms with Gasteiger partial charge in [0.1, 0.15) is 0 Å². The molecule has 0 aliphatic heterocycles. The molecule has 0 unspecified atom stereocenters. The van der Waals surface area contributed by atoms with Crippen molar-refractivity contribution >= 4 is 48.6 Å². The average Bonchev–Trinajstić information content (AvgIpc) is 3.79. The zero-order valence-corrected chi connectivity index (χ0v) is 33.9. The fourth-order valence-electron chi connectivity index (χ4n) is 9.52. The lowest BCUT2D eigenvalue weighted by Crippen LogP contribution is -2.15. The van der Waals surface area contributed by atoms with Crippen LogP contribution in [0.25, 0.3) is 75.8 Å². The molecule has 280 valence electrons. The van der Waals surface area contributed by atoms with Crippen LogP contribution in [-0.4, -0.2) is 0 Å². The molecule has 9 aromatic carbocycles. The van der Waals surface area contributed by atoms with Gasteiger partial charge in [-0.15, -0.1) is 11.3 Å². The number of rotatable bonds is 7. The molecule has 1 aliphatic rings. The first-order valence-corrected chi connectivity index (χ1v) is 21.2. The molecule has 0 saturated heterocycles. The van der Waals surface area contributed by atoms with Gasteiger partial charge in [-0.05, 0) is 104 Å². The zero-order valence-electron chi connectivity index (χ0n) is 33.1. The molecule has 1 aromatic heterocycles. The Hall–Kier alpha value is -7.00. The van der Waals surface area contributed by atoms with E-state index < -0.39 is 0 Å². The Bertz CT molecular complexity index is 3170. The lowest BCUT2D eigenvalue weighted by molar-refractivity contribution is 0.660. The van der Waals surface area contributed by atoms with Gasteiger partial charge in [-0.2, -0.15) is 0 Å². The number of benzene rings is 9. The lowest BCUT2D eigenvalue weighted by atomic mass is 9.82. The summed E-state index contributed by atoms with van der Waals surface area (Å²) in [4.78, 5) is 2.49. The molecular weight excluding hydrogens is 731 g/mol. The number of fused-ring (bicyclic) bond motifs is 6. The van der Waals surface area contributed by atoms with Crippen molar-refractivity contribution in [3.05, 3.63) is 223 Å². The largest absolute Gasteiger partial charge is 0.310 e. The topological polar surface area (TPSA) is 3.24 Å². The summed E-state index contributed by atoms with van der Waals surface area (Å²) in [5, 5.41) is 2.64. The molecule has 1 heterocycles. The summed E-state index contributed by atoms with van der Waals surface area (Å²) in [6.07, 6.45) is 0. The van der Waals surface area contributed by atoms with Gasteiger partial charge in [-0.25, -0.2) is 0 Å². The van der Waals surface area contributed by atoms with Gasteiger partial charge in [0.15, 0.2) is 0 Å². The molecule has 59 heavy (non-hydrogen) atoms. The second kappa shape index (κ2) is 14.1. The third-order valence-electron chi connectivity index (χ3n) is 12.3. The summed E-state index contributed by atoms with van der Waals surface area (Å²) >= 11 is 1.87. The maximum Gasteiger partial charge on any atom is 0.0546 e. The van der Waals surface area contributed by atoms with Crippen molar-refractivity contribution < 1.29 is 0 Å². The Morgan fingerprint density at radius 1 is 0.373 bits per heavy atom. The average molecular weight is 772 g/mol. The highest BCUT2D eigenvalue weighted by atomic mass is 32.1. The third kappa shape index (κ3) is 5.82. The lowest BCUT2D eigenvalue weighted by Gasteiger charge is -2.31. The van der Waals surface area contributed by atoms with Gasteiger partial charge < -0.3 is 4.90 Å². The van der Waals surface area contributed by atoms with Gasteiger partial charge in [0, 0.05) is 42.5 Å². The molecule has 0 N–H and O–H groups in total. The second-order valence-corrected chi connectivity index (χ2v) is 17.1. The summed E-state index contributed by atoms with van der Waals surface area (Å²) in [5.41, 5.74) is 18.2.